The van der Waals surface area contributed by atoms with Crippen LogP contribution in [0.4, 0.5) is 0 Å². The summed E-state index contributed by atoms with van der Waals surface area (Å²) in [5.74, 6) is -1.21. The molecule has 0 spiro atoms. The monoisotopic (exact) mass is 375 g/mol. The third-order valence-electron chi connectivity index (χ3n) is 3.44. The molecule has 0 aliphatic carbocycles. The number of hydrogen-bond donors (Lipinski definition) is 0. The van der Waals surface area contributed by atoms with Gasteiger partial charge in [-0.3, -0.25) is 0 Å². The van der Waals surface area contributed by atoms with E-state index in [1.54, 1.807) is 37.4 Å². The van der Waals surface area contributed by atoms with Crippen LogP contribution >= 0.6 is 11.6 Å². The van der Waals surface area contributed by atoms with Crippen molar-refractivity contribution in [2.45, 2.75) is 13.0 Å². The van der Waals surface area contributed by atoms with Crippen LogP contribution in [0.2, 0.25) is 5.02 Å². The Hall–Kier alpha value is -3.13. The van der Waals surface area contributed by atoms with E-state index in [2.05, 4.69) is 14.8 Å². The number of rotatable bonds is 5. The summed E-state index contributed by atoms with van der Waals surface area (Å²) in [5, 5.41) is 4.78. The zero-order valence-corrected chi connectivity index (χ0v) is 14.6. The summed E-state index contributed by atoms with van der Waals surface area (Å²) in [6.45, 7) is 1.57. The normalized spacial score (nSPS) is 11.8. The summed E-state index contributed by atoms with van der Waals surface area (Å²) < 4.78 is 16.5. The molecule has 0 amide bonds. The Morgan fingerprint density at radius 1 is 1.15 bits per heavy atom. The topological polar surface area (TPSA) is 96.5 Å². The van der Waals surface area contributed by atoms with Gasteiger partial charge in [0.05, 0.1) is 12.8 Å². The van der Waals surface area contributed by atoms with Gasteiger partial charge in [0.15, 0.2) is 17.5 Å². The van der Waals surface area contributed by atoms with Crippen LogP contribution in [-0.4, -0.2) is 33.8 Å². The van der Waals surface area contributed by atoms with E-state index >= 15 is 0 Å². The van der Waals surface area contributed by atoms with Gasteiger partial charge in [0.1, 0.15) is 6.26 Å². The molecule has 0 aliphatic rings. The van der Waals surface area contributed by atoms with E-state index in [4.69, 9.17) is 20.8 Å². The van der Waals surface area contributed by atoms with Crippen LogP contribution in [0.5, 0.6) is 0 Å². The van der Waals surface area contributed by atoms with Crippen molar-refractivity contribution in [2.75, 3.05) is 7.11 Å². The molecule has 0 radical (unpaired) electrons. The number of carbonyl (C=O) groups is 2. The van der Waals surface area contributed by atoms with Gasteiger partial charge in [0, 0.05) is 11.2 Å². The minimum atomic E-state index is -0.804. The SMILES string of the molecule is COC(=O)c1coc(C(C)OC(=O)c2ccn(-c3ccc(Cl)cc3)n2)n1. The number of hydrogen-bond acceptors (Lipinski definition) is 7. The first-order chi connectivity index (χ1) is 12.5. The molecule has 3 rings (SSSR count). The molecule has 3 aromatic rings. The van der Waals surface area contributed by atoms with Gasteiger partial charge in [0.25, 0.3) is 0 Å². The molecule has 1 atom stereocenters. The van der Waals surface area contributed by atoms with E-state index in [1.807, 2.05) is 0 Å². The highest BCUT2D eigenvalue weighted by Gasteiger charge is 2.22. The lowest BCUT2D eigenvalue weighted by Crippen LogP contribution is -2.11. The molecule has 0 fully saturated rings. The van der Waals surface area contributed by atoms with Crippen molar-refractivity contribution < 1.29 is 23.5 Å². The van der Waals surface area contributed by atoms with Gasteiger partial charge in [-0.2, -0.15) is 5.10 Å². The molecule has 26 heavy (non-hydrogen) atoms. The Bertz CT molecular complexity index is 932. The second kappa shape index (κ2) is 7.40. The van der Waals surface area contributed by atoms with E-state index in [9.17, 15) is 9.59 Å². The van der Waals surface area contributed by atoms with Crippen molar-refractivity contribution in [2.24, 2.45) is 0 Å². The molecule has 8 nitrogen and oxygen atoms in total. The molecule has 0 bridgehead atoms. The first-order valence-corrected chi connectivity index (χ1v) is 7.92. The van der Waals surface area contributed by atoms with Crippen LogP contribution in [-0.2, 0) is 9.47 Å². The molecule has 0 N–H and O–H groups in total. The van der Waals surface area contributed by atoms with E-state index in [0.717, 1.165) is 12.0 Å². The Balaban J connectivity index is 1.69. The zero-order chi connectivity index (χ0) is 18.7. The maximum atomic E-state index is 12.2. The van der Waals surface area contributed by atoms with Crippen molar-refractivity contribution >= 4 is 23.5 Å². The molecule has 0 saturated carbocycles. The standard InChI is InChI=1S/C17H14ClN3O5/c1-10(15-19-14(9-25-15)16(22)24-2)26-17(23)13-7-8-21(20-13)12-5-3-11(18)4-6-12/h3-10H,1-2H3. The molecule has 134 valence electrons. The average molecular weight is 376 g/mol. The van der Waals surface area contributed by atoms with E-state index in [1.165, 1.54) is 17.9 Å². The van der Waals surface area contributed by atoms with Gasteiger partial charge < -0.3 is 13.9 Å². The quantitative estimate of drug-likeness (QED) is 0.631. The maximum absolute atomic E-state index is 12.2. The average Bonchev–Trinajstić information content (AvgIpc) is 3.31. The number of ether oxygens (including phenoxy) is 2. The number of carbonyl (C=O) groups excluding carboxylic acids is 2. The summed E-state index contributed by atoms with van der Waals surface area (Å²) in [6, 6.07) is 8.52. The van der Waals surface area contributed by atoms with Gasteiger partial charge in [-0.15, -0.1) is 0 Å². The van der Waals surface area contributed by atoms with E-state index < -0.39 is 18.0 Å². The summed E-state index contributed by atoms with van der Waals surface area (Å²) in [6.07, 6.45) is 1.97. The minimum Gasteiger partial charge on any atom is -0.464 e. The number of aromatic nitrogens is 3. The number of benzene rings is 1. The summed E-state index contributed by atoms with van der Waals surface area (Å²) in [4.78, 5) is 27.6. The predicted octanol–water partition coefficient (Wildman–Crippen LogP) is 3.22. The molecular weight excluding hydrogens is 362 g/mol. The first-order valence-electron chi connectivity index (χ1n) is 7.54. The lowest BCUT2D eigenvalue weighted by atomic mass is 10.3. The van der Waals surface area contributed by atoms with Crippen LogP contribution in [0.25, 0.3) is 5.69 Å². The largest absolute Gasteiger partial charge is 0.464 e. The fourth-order valence-corrected chi connectivity index (χ4v) is 2.24. The van der Waals surface area contributed by atoms with Crippen molar-refractivity contribution in [3.8, 4) is 5.69 Å². The summed E-state index contributed by atoms with van der Waals surface area (Å²) in [7, 11) is 1.23. The van der Waals surface area contributed by atoms with Gasteiger partial charge in [-0.25, -0.2) is 19.3 Å². The van der Waals surface area contributed by atoms with Crippen LogP contribution in [0.15, 0.2) is 47.2 Å². The third kappa shape index (κ3) is 3.75. The Morgan fingerprint density at radius 3 is 2.58 bits per heavy atom. The summed E-state index contributed by atoms with van der Waals surface area (Å²) in [5.41, 5.74) is 0.862. The Kier molecular flexibility index (Phi) is 5.04. The second-order valence-corrected chi connectivity index (χ2v) is 5.67. The van der Waals surface area contributed by atoms with Crippen molar-refractivity contribution in [1.82, 2.24) is 14.8 Å². The molecule has 0 saturated heterocycles. The number of halogens is 1. The Morgan fingerprint density at radius 2 is 1.88 bits per heavy atom. The fourth-order valence-electron chi connectivity index (χ4n) is 2.11. The summed E-state index contributed by atoms with van der Waals surface area (Å²) >= 11 is 5.85. The fraction of sp³-hybridized carbons (Fsp3) is 0.176. The van der Waals surface area contributed by atoms with Gasteiger partial charge in [0.2, 0.25) is 5.89 Å². The number of nitrogens with zero attached hydrogens (tertiary/aromatic N) is 3. The number of oxazole rings is 1. The highest BCUT2D eigenvalue weighted by molar-refractivity contribution is 6.30. The van der Waals surface area contributed by atoms with Crippen LogP contribution < -0.4 is 0 Å². The van der Waals surface area contributed by atoms with Crippen LogP contribution in [0, 0.1) is 0 Å². The smallest absolute Gasteiger partial charge is 0.360 e. The van der Waals surface area contributed by atoms with Crippen LogP contribution in [0.1, 0.15) is 39.9 Å². The Labute approximate surface area is 153 Å². The molecule has 2 aromatic heterocycles. The van der Waals surface area contributed by atoms with E-state index in [0.29, 0.717) is 5.02 Å². The molecular formula is C17H14ClN3O5. The number of esters is 2. The van der Waals surface area contributed by atoms with Gasteiger partial charge >= 0.3 is 11.9 Å². The lowest BCUT2D eigenvalue weighted by Gasteiger charge is -2.08. The lowest BCUT2D eigenvalue weighted by molar-refractivity contribution is 0.0271. The molecule has 0 aliphatic heterocycles. The van der Waals surface area contributed by atoms with Gasteiger partial charge in [-0.1, -0.05) is 11.6 Å². The molecule has 1 aromatic carbocycles. The molecule has 2 heterocycles. The highest BCUT2D eigenvalue weighted by atomic mass is 35.5. The zero-order valence-electron chi connectivity index (χ0n) is 13.9. The third-order valence-corrected chi connectivity index (χ3v) is 3.69. The first kappa shape index (κ1) is 17.7. The minimum absolute atomic E-state index is 0.00239. The van der Waals surface area contributed by atoms with E-state index in [-0.39, 0.29) is 17.3 Å². The van der Waals surface area contributed by atoms with Crippen molar-refractivity contribution in [3.63, 3.8) is 0 Å². The highest BCUT2D eigenvalue weighted by Crippen LogP contribution is 2.19. The van der Waals surface area contributed by atoms with Gasteiger partial charge in [-0.05, 0) is 37.3 Å². The molecule has 9 heteroatoms. The second-order valence-electron chi connectivity index (χ2n) is 5.23. The maximum Gasteiger partial charge on any atom is 0.360 e. The van der Waals surface area contributed by atoms with Crippen molar-refractivity contribution in [3.05, 3.63) is 65.1 Å². The number of methoxy groups -OCH3 is 1. The van der Waals surface area contributed by atoms with Crippen LogP contribution in [0.3, 0.4) is 0 Å². The predicted molar refractivity (Wildman–Crippen MR) is 90.2 cm³/mol. The molecule has 1 unspecified atom stereocenters. The van der Waals surface area contributed by atoms with Crippen molar-refractivity contribution in [1.29, 1.82) is 0 Å².